The number of nitrogens with one attached hydrogen (secondary N) is 1. The monoisotopic (exact) mass is 406 g/mol. The molecule has 0 bridgehead atoms. The number of phenols is 1. The third-order valence-electron chi connectivity index (χ3n) is 4.13. The van der Waals surface area contributed by atoms with Gasteiger partial charge in [-0.05, 0) is 38.1 Å². The average Bonchev–Trinajstić information content (AvgIpc) is 3.34. The number of aryl methyl sites for hydroxylation is 1. The summed E-state index contributed by atoms with van der Waals surface area (Å²) in [7, 11) is 0. The second-order valence-corrected chi connectivity index (χ2v) is 8.05. The molecule has 0 aliphatic heterocycles. The van der Waals surface area contributed by atoms with Gasteiger partial charge in [0.2, 0.25) is 5.13 Å². The molecule has 0 aliphatic rings. The summed E-state index contributed by atoms with van der Waals surface area (Å²) in [5.41, 5.74) is 7.85. The Bertz CT molecular complexity index is 1120. The number of nitrogens with zero attached hydrogens (tertiary/aromatic N) is 3. The van der Waals surface area contributed by atoms with Gasteiger partial charge in [-0.15, -0.1) is 22.7 Å². The first-order valence-electron chi connectivity index (χ1n) is 8.68. The summed E-state index contributed by atoms with van der Waals surface area (Å²) in [5, 5.41) is 17.6. The van der Waals surface area contributed by atoms with Gasteiger partial charge in [0.25, 0.3) is 0 Å². The van der Waals surface area contributed by atoms with Crippen LogP contribution in [0.5, 0.6) is 5.75 Å². The van der Waals surface area contributed by atoms with Gasteiger partial charge in [-0.1, -0.05) is 30.3 Å². The van der Waals surface area contributed by atoms with E-state index in [-0.39, 0.29) is 5.75 Å². The van der Waals surface area contributed by atoms with Crippen LogP contribution in [0.3, 0.4) is 0 Å². The minimum atomic E-state index is 0.248. The van der Waals surface area contributed by atoms with Crippen molar-refractivity contribution in [1.29, 1.82) is 0 Å². The van der Waals surface area contributed by atoms with Crippen LogP contribution in [0.15, 0.2) is 65.1 Å². The van der Waals surface area contributed by atoms with E-state index in [1.54, 1.807) is 23.5 Å². The largest absolute Gasteiger partial charge is 0.508 e. The Morgan fingerprint density at radius 3 is 2.50 bits per heavy atom. The molecule has 0 fully saturated rings. The molecule has 0 aliphatic carbocycles. The van der Waals surface area contributed by atoms with Gasteiger partial charge >= 0.3 is 0 Å². The molecule has 0 saturated heterocycles. The Morgan fingerprint density at radius 1 is 1.00 bits per heavy atom. The van der Waals surface area contributed by atoms with Gasteiger partial charge in [0, 0.05) is 16.5 Å². The summed E-state index contributed by atoms with van der Waals surface area (Å²) in [5.74, 6) is 0.248. The predicted octanol–water partition coefficient (Wildman–Crippen LogP) is 5.78. The lowest BCUT2D eigenvalue weighted by atomic mass is 10.2. The number of hydrogen-bond donors (Lipinski definition) is 2. The van der Waals surface area contributed by atoms with Crippen molar-refractivity contribution >= 4 is 33.5 Å². The Kier molecular flexibility index (Phi) is 5.18. The average molecular weight is 407 g/mol. The van der Waals surface area contributed by atoms with Crippen molar-refractivity contribution in [3.8, 4) is 27.6 Å². The SMILES string of the molecule is C/C(=N\Nc1nc(-c2ccccc2)cs1)c1sc(-c2ccc(O)cc2)nc1C. The molecule has 7 heteroatoms. The third-order valence-corrected chi connectivity index (χ3v) is 6.19. The Hall–Kier alpha value is -3.03. The fourth-order valence-corrected chi connectivity index (χ4v) is 4.39. The quantitative estimate of drug-likeness (QED) is 0.325. The van der Waals surface area contributed by atoms with Crippen LogP contribution >= 0.6 is 22.7 Å². The highest BCUT2D eigenvalue weighted by Crippen LogP contribution is 2.30. The summed E-state index contributed by atoms with van der Waals surface area (Å²) in [4.78, 5) is 10.3. The minimum Gasteiger partial charge on any atom is -0.508 e. The number of benzene rings is 2. The number of hydrogen-bond acceptors (Lipinski definition) is 7. The van der Waals surface area contributed by atoms with Crippen molar-refractivity contribution in [2.45, 2.75) is 13.8 Å². The van der Waals surface area contributed by atoms with E-state index in [1.165, 1.54) is 11.3 Å². The molecule has 4 aromatic rings. The Balaban J connectivity index is 1.52. The number of aromatic nitrogens is 2. The van der Waals surface area contributed by atoms with Gasteiger partial charge in [-0.2, -0.15) is 5.10 Å². The highest BCUT2D eigenvalue weighted by molar-refractivity contribution is 7.17. The molecule has 2 aromatic carbocycles. The van der Waals surface area contributed by atoms with Crippen molar-refractivity contribution in [2.75, 3.05) is 5.43 Å². The molecule has 4 rings (SSSR count). The predicted molar refractivity (Wildman–Crippen MR) is 117 cm³/mol. The van der Waals surface area contributed by atoms with Crippen molar-refractivity contribution in [3.63, 3.8) is 0 Å². The molecule has 0 atom stereocenters. The van der Waals surface area contributed by atoms with Gasteiger partial charge < -0.3 is 5.11 Å². The van der Waals surface area contributed by atoms with E-state index in [1.807, 2.05) is 61.7 Å². The Morgan fingerprint density at radius 2 is 1.75 bits per heavy atom. The number of rotatable bonds is 5. The zero-order valence-corrected chi connectivity index (χ0v) is 17.0. The van der Waals surface area contributed by atoms with Crippen molar-refractivity contribution in [3.05, 3.63) is 70.5 Å². The lowest BCUT2D eigenvalue weighted by Gasteiger charge is -1.99. The molecule has 2 aromatic heterocycles. The van der Waals surface area contributed by atoms with E-state index in [4.69, 9.17) is 0 Å². The molecule has 140 valence electrons. The summed E-state index contributed by atoms with van der Waals surface area (Å²) >= 11 is 3.11. The summed E-state index contributed by atoms with van der Waals surface area (Å²) in [6.45, 7) is 3.94. The van der Waals surface area contributed by atoms with Crippen LogP contribution < -0.4 is 5.43 Å². The maximum atomic E-state index is 9.45. The van der Waals surface area contributed by atoms with Crippen LogP contribution in [0.1, 0.15) is 17.5 Å². The van der Waals surface area contributed by atoms with Crippen molar-refractivity contribution in [1.82, 2.24) is 9.97 Å². The van der Waals surface area contributed by atoms with Crippen LogP contribution in [-0.2, 0) is 0 Å². The van der Waals surface area contributed by atoms with Crippen molar-refractivity contribution < 1.29 is 5.11 Å². The van der Waals surface area contributed by atoms with E-state index < -0.39 is 0 Å². The highest BCUT2D eigenvalue weighted by Gasteiger charge is 2.12. The Labute approximate surface area is 171 Å². The van der Waals surface area contributed by atoms with Crippen LogP contribution in [-0.4, -0.2) is 20.8 Å². The lowest BCUT2D eigenvalue weighted by Crippen LogP contribution is -1.99. The van der Waals surface area contributed by atoms with Crippen LogP contribution in [0.4, 0.5) is 5.13 Å². The number of hydrazone groups is 1. The van der Waals surface area contributed by atoms with E-state index in [2.05, 4.69) is 20.5 Å². The molecule has 28 heavy (non-hydrogen) atoms. The zero-order valence-electron chi connectivity index (χ0n) is 15.4. The van der Waals surface area contributed by atoms with E-state index >= 15 is 0 Å². The standard InChI is InChI=1S/C21H18N4OS2/c1-13-19(28-20(22-13)16-8-10-17(26)11-9-16)14(2)24-25-21-23-18(12-27-21)15-6-4-3-5-7-15/h3-12,26H,1-2H3,(H,23,25)/b24-14+. The topological polar surface area (TPSA) is 70.4 Å². The molecular formula is C21H18N4OS2. The van der Waals surface area contributed by atoms with Gasteiger partial charge in [0.1, 0.15) is 10.8 Å². The van der Waals surface area contributed by atoms with Crippen LogP contribution in [0, 0.1) is 6.92 Å². The number of thiazole rings is 2. The second-order valence-electron chi connectivity index (χ2n) is 6.19. The fourth-order valence-electron chi connectivity index (χ4n) is 2.71. The van der Waals surface area contributed by atoms with Gasteiger partial charge in [-0.25, -0.2) is 9.97 Å². The number of phenolic OH excluding ortho intramolecular Hbond substituents is 1. The smallest absolute Gasteiger partial charge is 0.203 e. The molecule has 0 spiro atoms. The first-order chi connectivity index (χ1) is 13.6. The molecule has 2 N–H and O–H groups in total. The van der Waals surface area contributed by atoms with E-state index in [0.29, 0.717) is 0 Å². The molecule has 2 heterocycles. The fraction of sp³-hybridized carbons (Fsp3) is 0.0952. The summed E-state index contributed by atoms with van der Waals surface area (Å²) in [6, 6.07) is 17.1. The number of anilines is 1. The normalized spacial score (nSPS) is 11.6. The second kappa shape index (κ2) is 7.92. The van der Waals surface area contributed by atoms with Crippen LogP contribution in [0.2, 0.25) is 0 Å². The van der Waals surface area contributed by atoms with Gasteiger partial charge in [-0.3, -0.25) is 5.43 Å². The van der Waals surface area contributed by atoms with Gasteiger partial charge in [0.05, 0.1) is 22.0 Å². The molecular weight excluding hydrogens is 388 g/mol. The maximum absolute atomic E-state index is 9.45. The minimum absolute atomic E-state index is 0.248. The summed E-state index contributed by atoms with van der Waals surface area (Å²) in [6.07, 6.45) is 0. The van der Waals surface area contributed by atoms with E-state index in [9.17, 15) is 5.11 Å². The molecule has 0 amide bonds. The van der Waals surface area contributed by atoms with Gasteiger partial charge in [0.15, 0.2) is 0 Å². The highest BCUT2D eigenvalue weighted by atomic mass is 32.1. The first kappa shape index (κ1) is 18.3. The number of aromatic hydroxyl groups is 1. The first-order valence-corrected chi connectivity index (χ1v) is 10.4. The maximum Gasteiger partial charge on any atom is 0.203 e. The molecule has 0 unspecified atom stereocenters. The molecule has 5 nitrogen and oxygen atoms in total. The molecule has 0 saturated carbocycles. The van der Waals surface area contributed by atoms with E-state index in [0.717, 1.165) is 43.2 Å². The zero-order chi connectivity index (χ0) is 19.5. The lowest BCUT2D eigenvalue weighted by molar-refractivity contribution is 0.475. The summed E-state index contributed by atoms with van der Waals surface area (Å²) < 4.78 is 0. The third kappa shape index (κ3) is 3.95. The molecule has 0 radical (unpaired) electrons. The van der Waals surface area contributed by atoms with Crippen LogP contribution in [0.25, 0.3) is 21.8 Å². The van der Waals surface area contributed by atoms with Crippen molar-refractivity contribution in [2.24, 2.45) is 5.10 Å².